The first-order chi connectivity index (χ1) is 20.4. The van der Waals surface area contributed by atoms with E-state index in [9.17, 15) is 14.0 Å². The summed E-state index contributed by atoms with van der Waals surface area (Å²) in [6.07, 6.45) is 6.94. The summed E-state index contributed by atoms with van der Waals surface area (Å²) >= 11 is 0. The van der Waals surface area contributed by atoms with Gasteiger partial charge < -0.3 is 25.9 Å². The maximum Gasteiger partial charge on any atom is 0.261 e. The van der Waals surface area contributed by atoms with Crippen LogP contribution in [0.5, 0.6) is 0 Å². The minimum Gasteiger partial charge on any atom is -0.397 e. The zero-order chi connectivity index (χ0) is 29.3. The lowest BCUT2D eigenvalue weighted by Gasteiger charge is -2.36. The second-order valence-electron chi connectivity index (χ2n) is 11.1. The predicted molar refractivity (Wildman–Crippen MR) is 166 cm³/mol. The number of rotatable bonds is 11. The Kier molecular flexibility index (Phi) is 7.51. The molecule has 2 aliphatic rings. The van der Waals surface area contributed by atoms with Crippen LogP contribution in [0.15, 0.2) is 58.8 Å². The first kappa shape index (κ1) is 27.6. The van der Waals surface area contributed by atoms with E-state index in [1.807, 2.05) is 30.5 Å². The zero-order valence-electron chi connectivity index (χ0n) is 23.5. The predicted octanol–water partition coefficient (Wildman–Crippen LogP) is 3.60. The summed E-state index contributed by atoms with van der Waals surface area (Å²) in [6, 6.07) is 10.4. The fourth-order valence-electron chi connectivity index (χ4n) is 5.71. The zero-order valence-corrected chi connectivity index (χ0v) is 23.5. The number of aromatic amines is 2. The van der Waals surface area contributed by atoms with Gasteiger partial charge in [-0.15, -0.1) is 6.58 Å². The monoisotopic (exact) mass is 570 g/mol. The minimum absolute atomic E-state index is 0.0582. The number of nitrogens with zero attached hydrogens (tertiary/aromatic N) is 4. The number of H-pyrrole nitrogens is 2. The first-order valence-electron chi connectivity index (χ1n) is 14.4. The molecule has 6 rings (SSSR count). The summed E-state index contributed by atoms with van der Waals surface area (Å²) in [5.74, 6) is -0.125. The lowest BCUT2D eigenvalue weighted by Crippen LogP contribution is -2.48. The van der Waals surface area contributed by atoms with Gasteiger partial charge in [0.1, 0.15) is 17.2 Å². The summed E-state index contributed by atoms with van der Waals surface area (Å²) in [7, 11) is 0. The number of benzene rings is 2. The van der Waals surface area contributed by atoms with E-state index >= 15 is 0 Å². The van der Waals surface area contributed by atoms with Gasteiger partial charge in [-0.3, -0.25) is 19.5 Å². The third-order valence-corrected chi connectivity index (χ3v) is 8.28. The number of hydrogen-bond donors (Lipinski definition) is 4. The van der Waals surface area contributed by atoms with Crippen LogP contribution in [0.4, 0.5) is 15.8 Å². The van der Waals surface area contributed by atoms with E-state index in [1.54, 1.807) is 6.07 Å². The van der Waals surface area contributed by atoms with Gasteiger partial charge in [-0.05, 0) is 49.6 Å². The van der Waals surface area contributed by atoms with Crippen LogP contribution in [0, 0.1) is 5.82 Å². The van der Waals surface area contributed by atoms with Crippen molar-refractivity contribution in [1.29, 1.82) is 0 Å². The third-order valence-electron chi connectivity index (χ3n) is 8.28. The van der Waals surface area contributed by atoms with Gasteiger partial charge in [-0.2, -0.15) is 0 Å². The molecule has 1 fully saturated rings. The molecule has 1 amide bonds. The largest absolute Gasteiger partial charge is 0.397 e. The van der Waals surface area contributed by atoms with Gasteiger partial charge in [0.05, 0.1) is 33.2 Å². The number of hydrogen-bond acceptors (Lipinski definition) is 7. The molecular formula is C31H35FN8O2. The maximum absolute atomic E-state index is 14.5. The van der Waals surface area contributed by atoms with Crippen molar-refractivity contribution in [3.63, 3.8) is 0 Å². The van der Waals surface area contributed by atoms with Gasteiger partial charge in [-0.1, -0.05) is 12.1 Å². The molecule has 2 aromatic heterocycles. The smallest absolute Gasteiger partial charge is 0.261 e. The summed E-state index contributed by atoms with van der Waals surface area (Å²) in [5.41, 5.74) is 8.75. The topological polar surface area (TPSA) is 136 Å². The Morgan fingerprint density at radius 3 is 2.71 bits per heavy atom. The van der Waals surface area contributed by atoms with Gasteiger partial charge in [-0.25, -0.2) is 9.37 Å². The number of nitrogen functional groups attached to an aromatic ring is 1. The van der Waals surface area contributed by atoms with E-state index in [-0.39, 0.29) is 28.1 Å². The number of imidazole rings is 1. The number of carbonyl (C=O) groups excluding carboxylic acids is 1. The third kappa shape index (κ3) is 5.64. The summed E-state index contributed by atoms with van der Waals surface area (Å²) in [4.78, 5) is 44.7. The van der Waals surface area contributed by atoms with Crippen LogP contribution in [0.2, 0.25) is 0 Å². The van der Waals surface area contributed by atoms with Crippen LogP contribution in [0.3, 0.4) is 0 Å². The summed E-state index contributed by atoms with van der Waals surface area (Å²) in [5, 5.41) is 3.22. The highest BCUT2D eigenvalue weighted by Gasteiger charge is 2.35. The Bertz CT molecular complexity index is 1730. The highest BCUT2D eigenvalue weighted by Crippen LogP contribution is 2.32. The second-order valence-corrected chi connectivity index (χ2v) is 11.1. The molecule has 0 aliphatic carbocycles. The molecule has 0 radical (unpaired) electrons. The lowest BCUT2D eigenvalue weighted by atomic mass is 9.96. The van der Waals surface area contributed by atoms with E-state index in [0.29, 0.717) is 29.8 Å². The number of pyridine rings is 1. The highest BCUT2D eigenvalue weighted by atomic mass is 19.1. The van der Waals surface area contributed by atoms with Crippen molar-refractivity contribution >= 4 is 45.4 Å². The van der Waals surface area contributed by atoms with Crippen LogP contribution in [0.1, 0.15) is 25.7 Å². The molecule has 0 saturated carbocycles. The molecule has 5 N–H and O–H groups in total. The summed E-state index contributed by atoms with van der Waals surface area (Å²) in [6.45, 7) is 8.65. The molecule has 1 atom stereocenters. The average Bonchev–Trinajstić information content (AvgIpc) is 3.64. The quantitative estimate of drug-likeness (QED) is 0.204. The molecule has 0 spiro atoms. The number of aromatic nitrogens is 3. The number of nitrogens with two attached hydrogens (primary N) is 1. The fourth-order valence-corrected chi connectivity index (χ4v) is 5.71. The Morgan fingerprint density at radius 2 is 1.95 bits per heavy atom. The number of fused-ring (bicyclic) bond motifs is 2. The molecular weight excluding hydrogens is 535 g/mol. The van der Waals surface area contributed by atoms with Crippen molar-refractivity contribution in [1.82, 2.24) is 25.2 Å². The van der Waals surface area contributed by atoms with E-state index < -0.39 is 11.4 Å². The molecule has 218 valence electrons. The number of aliphatic imine (C=N–C) groups is 1. The molecule has 11 heteroatoms. The number of halogens is 1. The molecule has 4 aromatic rings. The van der Waals surface area contributed by atoms with Gasteiger partial charge in [0.2, 0.25) is 5.91 Å². The lowest BCUT2D eigenvalue weighted by molar-refractivity contribution is -0.121. The van der Waals surface area contributed by atoms with Gasteiger partial charge in [0.25, 0.3) is 5.56 Å². The highest BCUT2D eigenvalue weighted by molar-refractivity contribution is 5.98. The number of nitrogens with one attached hydrogen (secondary N) is 3. The Morgan fingerprint density at radius 1 is 1.14 bits per heavy atom. The average molecular weight is 571 g/mol. The van der Waals surface area contributed by atoms with Crippen LogP contribution < -0.4 is 21.5 Å². The first-order valence-corrected chi connectivity index (χ1v) is 14.4. The molecule has 4 heterocycles. The number of amides is 1. The fraction of sp³-hybridized carbons (Fsp3) is 0.355. The molecule has 0 bridgehead atoms. The van der Waals surface area contributed by atoms with Crippen LogP contribution >= 0.6 is 0 Å². The normalized spacial score (nSPS) is 18.5. The van der Waals surface area contributed by atoms with Gasteiger partial charge in [0.15, 0.2) is 0 Å². The molecule has 1 unspecified atom stereocenters. The standard InChI is InChI=1S/C31H35FN8O2/c1-2-3-10-31(19-35-31)11-9-25(41)34-12-13-39-14-16-40(17-15-39)20-7-8-22-24(18-20)37-29(36-22)27-28(33)26-21(32)5-4-6-23(26)38-30(27)42/h2,4-8,18-19H,1,3,9-17H2,(H,34,41)(H,36,37)(H3,33,38,42). The SMILES string of the molecule is C=CCCC1(CCC(=O)NCCN2CCN(c3ccc4[nH]c(-c5c(N)c6c(F)cccc6[nH]c5=O)nc4c3)CC2)C=N1. The van der Waals surface area contributed by atoms with E-state index in [0.717, 1.165) is 63.2 Å². The number of allylic oxidation sites excluding steroid dienone is 1. The van der Waals surface area contributed by atoms with Crippen LogP contribution in [-0.4, -0.2) is 76.8 Å². The molecule has 42 heavy (non-hydrogen) atoms. The molecule has 10 nitrogen and oxygen atoms in total. The van der Waals surface area contributed by atoms with E-state index in [1.165, 1.54) is 12.1 Å². The molecule has 2 aliphatic heterocycles. The van der Waals surface area contributed by atoms with Crippen molar-refractivity contribution in [2.24, 2.45) is 4.99 Å². The van der Waals surface area contributed by atoms with Crippen molar-refractivity contribution < 1.29 is 9.18 Å². The van der Waals surface area contributed by atoms with Gasteiger partial charge >= 0.3 is 0 Å². The van der Waals surface area contributed by atoms with E-state index in [4.69, 9.17) is 5.73 Å². The Labute approximate surface area is 242 Å². The Hall–Kier alpha value is -4.51. The van der Waals surface area contributed by atoms with E-state index in [2.05, 4.69) is 41.6 Å². The van der Waals surface area contributed by atoms with Crippen molar-refractivity contribution in [2.45, 2.75) is 31.2 Å². The number of piperazine rings is 1. The van der Waals surface area contributed by atoms with Crippen molar-refractivity contribution in [3.05, 3.63) is 65.2 Å². The van der Waals surface area contributed by atoms with Crippen LogP contribution in [0.25, 0.3) is 33.3 Å². The maximum atomic E-state index is 14.5. The number of carbonyl (C=O) groups is 1. The summed E-state index contributed by atoms with van der Waals surface area (Å²) < 4.78 is 14.5. The second kappa shape index (κ2) is 11.4. The minimum atomic E-state index is -0.501. The Balaban J connectivity index is 1.04. The van der Waals surface area contributed by atoms with Crippen molar-refractivity contribution in [3.8, 4) is 11.4 Å². The molecule has 1 saturated heterocycles. The van der Waals surface area contributed by atoms with Gasteiger partial charge in [0, 0.05) is 57.6 Å². The number of anilines is 2. The van der Waals surface area contributed by atoms with Crippen LogP contribution in [-0.2, 0) is 4.79 Å². The van der Waals surface area contributed by atoms with Crippen molar-refractivity contribution in [2.75, 3.05) is 49.9 Å². The molecule has 2 aromatic carbocycles.